The van der Waals surface area contributed by atoms with Gasteiger partial charge >= 0.3 is 5.97 Å². The fourth-order valence-corrected chi connectivity index (χ4v) is 153. The van der Waals surface area contributed by atoms with Crippen LogP contribution in [0.3, 0.4) is 0 Å². The van der Waals surface area contributed by atoms with Crippen molar-refractivity contribution < 1.29 is 14.3 Å². The highest BCUT2D eigenvalue weighted by atomic mass is 31.1. The first kappa shape index (κ1) is 16.7. The summed E-state index contributed by atoms with van der Waals surface area (Å²) in [6.45, 7) is -0.0387. The van der Waals surface area contributed by atoms with E-state index in [2.05, 4.69) is 10.1 Å². The summed E-state index contributed by atoms with van der Waals surface area (Å²) in [7, 11) is 3.49. The molecule has 0 aromatic heterocycles. The van der Waals surface area contributed by atoms with Crippen LogP contribution in [0.25, 0.3) is 0 Å². The third-order valence-corrected chi connectivity index (χ3v) is 95.3. The summed E-state index contributed by atoms with van der Waals surface area (Å²) in [6.07, 6.45) is 11.1. The zero-order valence-electron chi connectivity index (χ0n) is 13.5. The Labute approximate surface area is 137 Å². The van der Waals surface area contributed by atoms with Gasteiger partial charge < -0.3 is 10.1 Å². The van der Waals surface area contributed by atoms with Gasteiger partial charge in [0.2, 0.25) is 5.91 Å². The number of hydrogen-bond acceptors (Lipinski definition) is 3. The number of hydrogen-bond donors (Lipinski definition) is 1. The van der Waals surface area contributed by atoms with Crippen molar-refractivity contribution in [2.45, 2.75) is 63.8 Å². The number of carbonyl (C=O) groups is 2. The summed E-state index contributed by atoms with van der Waals surface area (Å²) < 4.78 is 4.48. The average molecular weight is 369 g/mol. The van der Waals surface area contributed by atoms with E-state index in [4.69, 9.17) is 0 Å². The Morgan fingerprint density at radius 2 is 1.45 bits per heavy atom. The molecule has 4 heterocycles. The molecule has 1 N–H and O–H groups in total. The Balaban J connectivity index is 1.03. The monoisotopic (exact) mass is 368 g/mol. The molecule has 0 aromatic rings. The summed E-state index contributed by atoms with van der Waals surface area (Å²) in [6, 6.07) is 1.81. The van der Waals surface area contributed by atoms with Crippen LogP contribution in [0.1, 0.15) is 57.8 Å². The van der Waals surface area contributed by atoms with Crippen molar-refractivity contribution in [2.24, 2.45) is 0 Å². The smallest absolute Gasteiger partial charge is 0.325 e. The molecule has 121 valence electrons. The maximum Gasteiger partial charge on any atom is 0.325 e. The van der Waals surface area contributed by atoms with Gasteiger partial charge in [0.25, 0.3) is 0 Å². The summed E-state index contributed by atoms with van der Waals surface area (Å²) in [5.74, 6) is -0.427. The topological polar surface area (TPSA) is 55.4 Å². The van der Waals surface area contributed by atoms with Crippen molar-refractivity contribution in [1.82, 2.24) is 5.32 Å². The molecule has 4 aliphatic rings. The van der Waals surface area contributed by atoms with E-state index in [1.807, 2.05) is 6.04 Å². The lowest BCUT2D eigenvalue weighted by Crippen LogP contribution is -2.29. The quantitative estimate of drug-likeness (QED) is 0.302. The van der Waals surface area contributed by atoms with Crippen molar-refractivity contribution in [2.75, 3.05) is 13.7 Å². The number of nitrogens with one attached hydrogen (secondary N) is 1. The lowest BCUT2D eigenvalue weighted by Gasteiger charge is -2.04. The second-order valence-corrected chi connectivity index (χ2v) is 50.5. The van der Waals surface area contributed by atoms with E-state index < -0.39 is 0 Å². The molecule has 0 saturated carbocycles. The molecule has 0 aliphatic carbocycles. The molecule has 0 aromatic carbocycles. The van der Waals surface area contributed by atoms with Crippen molar-refractivity contribution in [3.63, 3.8) is 0 Å². The van der Waals surface area contributed by atoms with Gasteiger partial charge in [-0.05, 0) is 6.42 Å². The zero-order chi connectivity index (χ0) is 15.6. The first-order valence-electron chi connectivity index (χ1n) is 8.68. The van der Waals surface area contributed by atoms with E-state index >= 15 is 0 Å². The van der Waals surface area contributed by atoms with Gasteiger partial charge in [-0.1, -0.05) is 51.0 Å². The van der Waals surface area contributed by atoms with Gasteiger partial charge in [0, 0.05) is 35.1 Å². The number of amides is 1. The van der Waals surface area contributed by atoms with Crippen LogP contribution in [0.5, 0.6) is 0 Å². The maximum absolute atomic E-state index is 11.5. The van der Waals surface area contributed by atoms with Crippen LogP contribution in [0.2, 0.25) is 6.04 Å². The van der Waals surface area contributed by atoms with Crippen LogP contribution in [0, 0.1) is 0 Å². The standard InChI is InChI=1S/C14H26NO3Si4/c1-18-14(17)12-15-13(16)10-8-6-4-2-3-5-7-9-11-22-19-20(22)21(19)22/h2-12H2,1H3,(H,15,16). The SMILES string of the molecule is COC(=O)CNC(=O)CCCCCCCCCC[Si]12[Si]3[Si]1[Si]32. The van der Waals surface area contributed by atoms with Gasteiger partial charge in [-0.3, -0.25) is 9.59 Å². The number of carbonyl (C=O) groups excluding carboxylic acids is 2. The molecule has 4 fully saturated rings. The molecule has 3 radical (unpaired) electrons. The molecule has 0 atom stereocenters. The molecule has 4 aliphatic heterocycles. The van der Waals surface area contributed by atoms with Crippen molar-refractivity contribution in [1.29, 1.82) is 0 Å². The average Bonchev–Trinajstić information content (AvgIpc) is 3.37. The fraction of sp³-hybridized carbons (Fsp3) is 0.857. The molecule has 8 heteroatoms. The lowest BCUT2D eigenvalue weighted by molar-refractivity contribution is -0.141. The van der Waals surface area contributed by atoms with Crippen molar-refractivity contribution in [3.05, 3.63) is 0 Å². The Morgan fingerprint density at radius 3 is 2.00 bits per heavy atom. The number of methoxy groups -OCH3 is 1. The largest absolute Gasteiger partial charge is 0.468 e. The van der Waals surface area contributed by atoms with E-state index in [0.29, 0.717) is 6.42 Å². The van der Waals surface area contributed by atoms with E-state index in [1.165, 1.54) is 39.2 Å². The van der Waals surface area contributed by atoms with Gasteiger partial charge in [0.15, 0.2) is 0 Å². The Kier molecular flexibility index (Phi) is 5.41. The highest BCUT2D eigenvalue weighted by Gasteiger charge is 3.10. The van der Waals surface area contributed by atoms with Gasteiger partial charge in [-0.25, -0.2) is 0 Å². The predicted octanol–water partition coefficient (Wildman–Crippen LogP) is 1.23. The highest BCUT2D eigenvalue weighted by Crippen LogP contribution is 2.75. The van der Waals surface area contributed by atoms with Crippen LogP contribution in [-0.4, -0.2) is 54.2 Å². The minimum Gasteiger partial charge on any atom is -0.468 e. The molecule has 0 unspecified atom stereocenters. The second-order valence-electron chi connectivity index (χ2n) is 6.71. The Bertz CT molecular complexity index is 420. The van der Waals surface area contributed by atoms with Crippen molar-refractivity contribution >= 4 is 40.6 Å². The van der Waals surface area contributed by atoms with E-state index in [-0.39, 0.29) is 25.0 Å². The first-order chi connectivity index (χ1) is 10.7. The Hall–Kier alpha value is -0.192. The maximum atomic E-state index is 11.5. The summed E-state index contributed by atoms with van der Waals surface area (Å²) >= 11 is 0. The molecule has 4 nitrogen and oxygen atoms in total. The normalized spacial score (nSPS) is 20.4. The van der Waals surface area contributed by atoms with Crippen LogP contribution < -0.4 is 5.32 Å². The highest BCUT2D eigenvalue weighted by molar-refractivity contribution is 8.80. The van der Waals surface area contributed by atoms with Crippen LogP contribution in [0.4, 0.5) is 0 Å². The first-order valence-corrected chi connectivity index (χ1v) is 21.4. The van der Waals surface area contributed by atoms with Gasteiger partial charge in [0.05, 0.1) is 7.11 Å². The molecular weight excluding hydrogens is 343 g/mol. The number of unbranched alkanes of at least 4 members (excludes halogenated alkanes) is 7. The molecule has 22 heavy (non-hydrogen) atoms. The number of ether oxygens (including phenoxy) is 1. The zero-order valence-corrected chi connectivity index (χ0v) is 17.5. The van der Waals surface area contributed by atoms with E-state index in [1.54, 1.807) is 6.42 Å². The third kappa shape index (κ3) is 3.82. The van der Waals surface area contributed by atoms with Crippen LogP contribution >= 0.6 is 0 Å². The number of esters is 1. The summed E-state index contributed by atoms with van der Waals surface area (Å²) in [5.41, 5.74) is 0. The molecule has 0 bridgehead atoms. The van der Waals surface area contributed by atoms with Gasteiger partial charge in [0.1, 0.15) is 6.54 Å². The minimum absolute atomic E-state index is 0.00675. The molecule has 1 amide bonds. The fourth-order valence-electron chi connectivity index (χ4n) is 3.40. The molecular formula is C14H26NO3Si4. The summed E-state index contributed by atoms with van der Waals surface area (Å²) in [4.78, 5) is 22.3. The van der Waals surface area contributed by atoms with Crippen molar-refractivity contribution in [3.8, 4) is 0 Å². The van der Waals surface area contributed by atoms with E-state index in [0.717, 1.165) is 34.9 Å². The Morgan fingerprint density at radius 1 is 0.909 bits per heavy atom. The molecule has 0 spiro atoms. The molecule has 4 rings (SSSR count). The predicted molar refractivity (Wildman–Crippen MR) is 94.4 cm³/mol. The summed E-state index contributed by atoms with van der Waals surface area (Å²) in [5, 5.41) is 2.58. The van der Waals surface area contributed by atoms with E-state index in [9.17, 15) is 9.59 Å². The minimum atomic E-state index is -0.388. The lowest BCUT2D eigenvalue weighted by atomic mass is 10.1. The number of rotatable bonds is 13. The van der Waals surface area contributed by atoms with Gasteiger partial charge in [-0.15, -0.1) is 0 Å². The second kappa shape index (κ2) is 7.14. The van der Waals surface area contributed by atoms with Crippen LogP contribution in [0.15, 0.2) is 0 Å². The van der Waals surface area contributed by atoms with Gasteiger partial charge in [-0.2, -0.15) is 0 Å². The van der Waals surface area contributed by atoms with Crippen LogP contribution in [-0.2, 0) is 14.3 Å². The third-order valence-electron chi connectivity index (χ3n) is 5.14. The molecule has 4 saturated heterocycles.